The summed E-state index contributed by atoms with van der Waals surface area (Å²) in [6.45, 7) is 18.2. The molecule has 0 aliphatic heterocycles. The molecule has 6 heteroatoms. The first-order valence-electron chi connectivity index (χ1n) is 13.7. The smallest absolute Gasteiger partial charge is 0.123 e. The van der Waals surface area contributed by atoms with Gasteiger partial charge in [-0.2, -0.15) is 0 Å². The number of ether oxygens (including phenoxy) is 3. The molecule has 0 fully saturated rings. The van der Waals surface area contributed by atoms with E-state index in [1.165, 1.54) is 11.1 Å². The maximum absolute atomic E-state index is 9.00. The van der Waals surface area contributed by atoms with Gasteiger partial charge in [-0.15, -0.1) is 0 Å². The summed E-state index contributed by atoms with van der Waals surface area (Å²) in [5, 5.41) is 9.00. The minimum atomic E-state index is 0.0514. The van der Waals surface area contributed by atoms with E-state index >= 15 is 0 Å². The molecule has 2 aromatic carbocycles. The zero-order chi connectivity index (χ0) is 28.3. The number of hydrogen-bond acceptors (Lipinski definition) is 6. The highest BCUT2D eigenvalue weighted by atomic mass is 16.5. The summed E-state index contributed by atoms with van der Waals surface area (Å²) in [7, 11) is 1.70. The van der Waals surface area contributed by atoms with Gasteiger partial charge in [0, 0.05) is 13.7 Å². The number of benzene rings is 2. The predicted octanol–water partition coefficient (Wildman–Crippen LogP) is 5.96. The van der Waals surface area contributed by atoms with Gasteiger partial charge in [0.1, 0.15) is 11.5 Å². The third kappa shape index (κ3) is 13.8. The quantitative estimate of drug-likeness (QED) is 0.283. The van der Waals surface area contributed by atoms with Gasteiger partial charge in [-0.25, -0.2) is 0 Å². The van der Waals surface area contributed by atoms with Gasteiger partial charge < -0.3 is 30.8 Å². The van der Waals surface area contributed by atoms with Gasteiger partial charge in [-0.3, -0.25) is 0 Å². The van der Waals surface area contributed by atoms with Crippen molar-refractivity contribution in [2.45, 2.75) is 85.7 Å². The van der Waals surface area contributed by atoms with Gasteiger partial charge in [-0.05, 0) is 78.1 Å². The van der Waals surface area contributed by atoms with Crippen LogP contribution in [0.4, 0.5) is 0 Å². The van der Waals surface area contributed by atoms with Crippen molar-refractivity contribution >= 4 is 0 Å². The van der Waals surface area contributed by atoms with E-state index in [1.807, 2.05) is 19.9 Å². The fraction of sp³-hybridized carbons (Fsp3) is 0.613. The van der Waals surface area contributed by atoms with Gasteiger partial charge in [0.2, 0.25) is 0 Å². The van der Waals surface area contributed by atoms with Crippen LogP contribution in [0, 0.1) is 0 Å². The second kappa shape index (κ2) is 19.9. The number of methoxy groups -OCH3 is 1. The van der Waals surface area contributed by atoms with E-state index < -0.39 is 0 Å². The third-order valence-corrected chi connectivity index (χ3v) is 5.48. The van der Waals surface area contributed by atoms with E-state index in [4.69, 9.17) is 30.8 Å². The highest BCUT2D eigenvalue weighted by molar-refractivity contribution is 5.42. The summed E-state index contributed by atoms with van der Waals surface area (Å²) in [6.07, 6.45) is 2.40. The highest BCUT2D eigenvalue weighted by Crippen LogP contribution is 2.32. The molecule has 0 amide bonds. The topological polar surface area (TPSA) is 100.0 Å². The molecule has 0 aliphatic carbocycles. The molecule has 0 saturated heterocycles. The van der Waals surface area contributed by atoms with E-state index in [9.17, 15) is 0 Å². The van der Waals surface area contributed by atoms with E-state index in [0.29, 0.717) is 45.2 Å². The molecular weight excluding hydrogens is 464 g/mol. The first-order chi connectivity index (χ1) is 17.7. The first kappa shape index (κ1) is 34.9. The lowest BCUT2D eigenvalue weighted by molar-refractivity contribution is 0.184. The fourth-order valence-corrected chi connectivity index (χ4v) is 3.56. The maximum atomic E-state index is 9.00. The van der Waals surface area contributed by atoms with Crippen LogP contribution in [0.15, 0.2) is 36.4 Å². The van der Waals surface area contributed by atoms with Gasteiger partial charge in [0.05, 0.1) is 19.8 Å². The van der Waals surface area contributed by atoms with Crippen molar-refractivity contribution in [1.29, 1.82) is 0 Å². The molecule has 37 heavy (non-hydrogen) atoms. The first-order valence-corrected chi connectivity index (χ1v) is 13.7. The van der Waals surface area contributed by atoms with Gasteiger partial charge in [-0.1, -0.05) is 72.7 Å². The second-order valence-electron chi connectivity index (χ2n) is 10.00. The minimum Gasteiger partial charge on any atom is -0.493 e. The normalized spacial score (nSPS) is 10.8. The number of aliphatic hydroxyl groups is 1. The average Bonchev–Trinajstić information content (AvgIpc) is 2.86. The lowest BCUT2D eigenvalue weighted by atomic mass is 9.85. The summed E-state index contributed by atoms with van der Waals surface area (Å²) >= 11 is 0. The van der Waals surface area contributed by atoms with Crippen LogP contribution in [-0.2, 0) is 23.2 Å². The van der Waals surface area contributed by atoms with Crippen molar-refractivity contribution in [2.24, 2.45) is 11.5 Å². The molecule has 6 nitrogen and oxygen atoms in total. The fourth-order valence-electron chi connectivity index (χ4n) is 3.56. The van der Waals surface area contributed by atoms with Crippen LogP contribution in [0.25, 0.3) is 0 Å². The molecule has 0 bridgehead atoms. The average molecular weight is 519 g/mol. The van der Waals surface area contributed by atoms with Crippen LogP contribution in [0.5, 0.6) is 11.5 Å². The van der Waals surface area contributed by atoms with E-state index in [-0.39, 0.29) is 12.0 Å². The molecule has 2 aromatic rings. The van der Waals surface area contributed by atoms with Crippen molar-refractivity contribution < 1.29 is 19.3 Å². The molecule has 0 spiro atoms. The van der Waals surface area contributed by atoms with Crippen molar-refractivity contribution in [2.75, 3.05) is 40.0 Å². The van der Waals surface area contributed by atoms with Gasteiger partial charge in [0.25, 0.3) is 0 Å². The predicted molar refractivity (Wildman–Crippen MR) is 157 cm³/mol. The SMILES string of the molecule is CC.CC(C)(C)c1ccc(CCO)cc1OCCCN.COCc1ccc(C(C)C)c(OCCCN)c1. The Bertz CT molecular complexity index is 848. The Labute approximate surface area is 226 Å². The lowest BCUT2D eigenvalue weighted by Crippen LogP contribution is -2.15. The van der Waals surface area contributed by atoms with E-state index in [1.54, 1.807) is 7.11 Å². The molecule has 212 valence electrons. The van der Waals surface area contributed by atoms with Crippen molar-refractivity contribution in [3.8, 4) is 11.5 Å². The van der Waals surface area contributed by atoms with Crippen molar-refractivity contribution in [1.82, 2.24) is 0 Å². The maximum Gasteiger partial charge on any atom is 0.123 e. The number of aliphatic hydroxyl groups excluding tert-OH is 1. The highest BCUT2D eigenvalue weighted by Gasteiger charge is 2.19. The molecule has 0 unspecified atom stereocenters. The van der Waals surface area contributed by atoms with Gasteiger partial charge >= 0.3 is 0 Å². The Kier molecular flexibility index (Phi) is 18.8. The van der Waals surface area contributed by atoms with E-state index in [0.717, 1.165) is 35.5 Å². The Balaban J connectivity index is 0.000000657. The molecule has 0 heterocycles. The lowest BCUT2D eigenvalue weighted by Gasteiger charge is -2.23. The van der Waals surface area contributed by atoms with Crippen molar-refractivity contribution in [3.05, 3.63) is 58.7 Å². The summed E-state index contributed by atoms with van der Waals surface area (Å²) in [5.41, 5.74) is 15.7. The number of rotatable bonds is 13. The Morgan fingerprint density at radius 3 is 1.86 bits per heavy atom. The van der Waals surface area contributed by atoms with Crippen LogP contribution < -0.4 is 20.9 Å². The number of nitrogens with two attached hydrogens (primary N) is 2. The third-order valence-electron chi connectivity index (χ3n) is 5.48. The summed E-state index contributed by atoms with van der Waals surface area (Å²) in [5.74, 6) is 2.34. The summed E-state index contributed by atoms with van der Waals surface area (Å²) in [4.78, 5) is 0. The molecule has 5 N–H and O–H groups in total. The molecule has 0 aliphatic rings. The minimum absolute atomic E-state index is 0.0514. The summed E-state index contributed by atoms with van der Waals surface area (Å²) in [6, 6.07) is 12.5. The van der Waals surface area contributed by atoms with Crippen LogP contribution in [-0.4, -0.2) is 45.1 Å². The molecule has 0 radical (unpaired) electrons. The standard InChI is InChI=1S/C15H25NO2.C14H23NO2.C2H6/c1-15(2,3)13-6-5-12(7-9-17)11-14(13)18-10-4-8-16;1-11(2)13-6-5-12(10-16-3)9-14(13)17-8-4-7-15;1-2/h5-6,11,17H,4,7-10,16H2,1-3H3;5-6,9,11H,4,7-8,10,15H2,1-3H3;1-2H3. The summed E-state index contributed by atoms with van der Waals surface area (Å²) < 4.78 is 16.8. The van der Waals surface area contributed by atoms with E-state index in [2.05, 4.69) is 65.0 Å². The molecule has 0 saturated carbocycles. The van der Waals surface area contributed by atoms with Crippen LogP contribution in [0.2, 0.25) is 0 Å². The monoisotopic (exact) mass is 518 g/mol. The molecule has 0 atom stereocenters. The zero-order valence-corrected chi connectivity index (χ0v) is 24.7. The molecule has 2 rings (SSSR count). The molecular formula is C31H54N2O4. The number of hydrogen-bond donors (Lipinski definition) is 3. The Morgan fingerprint density at radius 1 is 0.838 bits per heavy atom. The van der Waals surface area contributed by atoms with Crippen molar-refractivity contribution in [3.63, 3.8) is 0 Å². The van der Waals surface area contributed by atoms with Crippen LogP contribution in [0.1, 0.15) is 89.5 Å². The Hall–Kier alpha value is -2.12. The Morgan fingerprint density at radius 2 is 1.38 bits per heavy atom. The molecule has 0 aromatic heterocycles. The largest absolute Gasteiger partial charge is 0.493 e. The van der Waals surface area contributed by atoms with Crippen LogP contribution >= 0.6 is 0 Å². The van der Waals surface area contributed by atoms with Crippen LogP contribution in [0.3, 0.4) is 0 Å². The zero-order valence-electron chi connectivity index (χ0n) is 24.7. The van der Waals surface area contributed by atoms with Gasteiger partial charge in [0.15, 0.2) is 0 Å². The second-order valence-corrected chi connectivity index (χ2v) is 10.00.